The van der Waals surface area contributed by atoms with Crippen molar-refractivity contribution in [2.45, 2.75) is 27.7 Å². The van der Waals surface area contributed by atoms with E-state index in [1.165, 1.54) is 0 Å². The quantitative estimate of drug-likeness (QED) is 0.713. The van der Waals surface area contributed by atoms with Crippen LogP contribution < -0.4 is 0 Å². The molecular weight excluding hydrogens is 228 g/mol. The lowest BCUT2D eigenvalue weighted by Crippen LogP contribution is -2.30. The second-order valence-electron chi connectivity index (χ2n) is 5.68. The number of ketones is 2. The summed E-state index contributed by atoms with van der Waals surface area (Å²) in [6.45, 7) is 7.31. The maximum absolute atomic E-state index is 12.1. The first-order valence-corrected chi connectivity index (χ1v) is 5.87. The van der Waals surface area contributed by atoms with Crippen LogP contribution in [-0.4, -0.2) is 16.7 Å². The molecule has 1 N–H and O–H groups in total. The Morgan fingerprint density at radius 3 is 2.17 bits per heavy atom. The van der Waals surface area contributed by atoms with E-state index in [1.54, 1.807) is 18.2 Å². The molecular formula is C15H16O3. The number of allylic oxidation sites excluding steroid dienone is 1. The monoisotopic (exact) mass is 244 g/mol. The zero-order valence-electron chi connectivity index (χ0n) is 11.0. The normalized spacial score (nSPS) is 16.0. The van der Waals surface area contributed by atoms with Gasteiger partial charge in [-0.15, -0.1) is 0 Å². The van der Waals surface area contributed by atoms with E-state index in [4.69, 9.17) is 0 Å². The highest BCUT2D eigenvalue weighted by atomic mass is 16.3. The molecule has 0 unspecified atom stereocenters. The van der Waals surface area contributed by atoms with Crippen LogP contribution in [0.25, 0.3) is 5.76 Å². The lowest BCUT2D eigenvalue weighted by atomic mass is 9.76. The molecule has 0 amide bonds. The topological polar surface area (TPSA) is 54.4 Å². The minimum atomic E-state index is -0.601. The van der Waals surface area contributed by atoms with Crippen LogP contribution in [0.4, 0.5) is 0 Å². The summed E-state index contributed by atoms with van der Waals surface area (Å²) in [5.41, 5.74) is 1.33. The first kappa shape index (κ1) is 12.6. The molecule has 1 aromatic rings. The fourth-order valence-electron chi connectivity index (χ4n) is 2.23. The van der Waals surface area contributed by atoms with Crippen LogP contribution >= 0.6 is 0 Å². The lowest BCUT2D eigenvalue weighted by molar-refractivity contribution is -0.112. The number of carbonyl (C=O) groups excluding carboxylic acids is 2. The number of carbonyl (C=O) groups is 2. The maximum atomic E-state index is 12.1. The average Bonchev–Trinajstić information content (AvgIpc) is 2.24. The Hall–Kier alpha value is -1.90. The van der Waals surface area contributed by atoms with Crippen LogP contribution in [0.2, 0.25) is 0 Å². The molecule has 1 aliphatic rings. The van der Waals surface area contributed by atoms with Gasteiger partial charge >= 0.3 is 0 Å². The van der Waals surface area contributed by atoms with E-state index in [0.29, 0.717) is 5.56 Å². The van der Waals surface area contributed by atoms with Gasteiger partial charge in [0.2, 0.25) is 11.6 Å². The smallest absolute Gasteiger partial charge is 0.234 e. The van der Waals surface area contributed by atoms with Gasteiger partial charge in [0.1, 0.15) is 5.76 Å². The number of aliphatic hydroxyl groups excluding tert-OH is 1. The van der Waals surface area contributed by atoms with E-state index in [0.717, 1.165) is 5.56 Å². The van der Waals surface area contributed by atoms with Crippen LogP contribution in [-0.2, 0) is 4.79 Å². The van der Waals surface area contributed by atoms with Crippen molar-refractivity contribution >= 4 is 17.3 Å². The average molecular weight is 244 g/mol. The second kappa shape index (κ2) is 3.80. The number of fused-ring (bicyclic) bond motifs is 1. The molecule has 0 radical (unpaired) electrons. The fraction of sp³-hybridized carbons (Fsp3) is 0.333. The van der Waals surface area contributed by atoms with Gasteiger partial charge in [-0.25, -0.2) is 0 Å². The standard InChI is InChI=1S/C15H16O3/c1-8-5-6-9-10(7-8)12(16)11(15(2,3)4)14(18)13(9)17/h5-7,16H,1-4H3. The minimum absolute atomic E-state index is 0.0641. The third-order valence-corrected chi connectivity index (χ3v) is 3.09. The van der Waals surface area contributed by atoms with E-state index in [2.05, 4.69) is 0 Å². The highest BCUT2D eigenvalue weighted by Gasteiger charge is 2.38. The molecule has 0 aromatic heterocycles. The number of rotatable bonds is 0. The van der Waals surface area contributed by atoms with Gasteiger partial charge in [-0.3, -0.25) is 9.59 Å². The molecule has 3 heteroatoms. The zero-order valence-corrected chi connectivity index (χ0v) is 11.0. The van der Waals surface area contributed by atoms with Crippen molar-refractivity contribution < 1.29 is 14.7 Å². The van der Waals surface area contributed by atoms with Crippen LogP contribution in [0.15, 0.2) is 23.8 Å². The Morgan fingerprint density at radius 2 is 1.61 bits per heavy atom. The van der Waals surface area contributed by atoms with E-state index < -0.39 is 17.0 Å². The van der Waals surface area contributed by atoms with Gasteiger partial charge in [-0.05, 0) is 24.5 Å². The third kappa shape index (κ3) is 1.76. The van der Waals surface area contributed by atoms with Crippen molar-refractivity contribution in [3.63, 3.8) is 0 Å². The molecule has 2 rings (SSSR count). The molecule has 18 heavy (non-hydrogen) atoms. The van der Waals surface area contributed by atoms with Crippen molar-refractivity contribution in [2.24, 2.45) is 5.41 Å². The van der Waals surface area contributed by atoms with E-state index in [1.807, 2.05) is 27.7 Å². The summed E-state index contributed by atoms with van der Waals surface area (Å²) in [5.74, 6) is -1.20. The number of aryl methyl sites for hydroxylation is 1. The molecule has 94 valence electrons. The predicted molar refractivity (Wildman–Crippen MR) is 69.5 cm³/mol. The molecule has 0 spiro atoms. The van der Waals surface area contributed by atoms with Gasteiger partial charge in [0, 0.05) is 11.1 Å². The van der Waals surface area contributed by atoms with Crippen molar-refractivity contribution in [3.8, 4) is 0 Å². The number of benzene rings is 1. The van der Waals surface area contributed by atoms with Crippen LogP contribution in [0.5, 0.6) is 0 Å². The number of hydrogen-bond acceptors (Lipinski definition) is 3. The van der Waals surface area contributed by atoms with Gasteiger partial charge in [0.25, 0.3) is 0 Å². The van der Waals surface area contributed by atoms with Gasteiger partial charge in [-0.2, -0.15) is 0 Å². The summed E-state index contributed by atoms with van der Waals surface area (Å²) < 4.78 is 0. The molecule has 1 aromatic carbocycles. The van der Waals surface area contributed by atoms with Crippen LogP contribution in [0.1, 0.15) is 42.3 Å². The molecule has 0 fully saturated rings. The molecule has 0 aliphatic heterocycles. The van der Waals surface area contributed by atoms with Gasteiger partial charge in [0.15, 0.2) is 0 Å². The van der Waals surface area contributed by atoms with Crippen molar-refractivity contribution in [3.05, 3.63) is 40.5 Å². The molecule has 0 saturated carbocycles. The first-order valence-electron chi connectivity index (χ1n) is 5.87. The van der Waals surface area contributed by atoms with Crippen molar-refractivity contribution in [1.82, 2.24) is 0 Å². The molecule has 3 nitrogen and oxygen atoms in total. The van der Waals surface area contributed by atoms with Gasteiger partial charge in [-0.1, -0.05) is 32.4 Å². The summed E-state index contributed by atoms with van der Waals surface area (Å²) in [4.78, 5) is 24.1. The Bertz CT molecular complexity index is 586. The number of hydrogen-bond donors (Lipinski definition) is 1. The highest BCUT2D eigenvalue weighted by Crippen LogP contribution is 2.37. The Labute approximate surface area is 106 Å². The maximum Gasteiger partial charge on any atom is 0.234 e. The summed E-state index contributed by atoms with van der Waals surface area (Å²) >= 11 is 0. The molecule has 0 saturated heterocycles. The summed E-state index contributed by atoms with van der Waals surface area (Å²) in [6.07, 6.45) is 0. The molecule has 0 bridgehead atoms. The minimum Gasteiger partial charge on any atom is -0.507 e. The second-order valence-corrected chi connectivity index (χ2v) is 5.68. The van der Waals surface area contributed by atoms with Crippen molar-refractivity contribution in [1.29, 1.82) is 0 Å². The van der Waals surface area contributed by atoms with Crippen LogP contribution in [0, 0.1) is 12.3 Å². The zero-order chi connectivity index (χ0) is 13.7. The Balaban J connectivity index is 2.80. The molecule has 0 atom stereocenters. The van der Waals surface area contributed by atoms with Crippen molar-refractivity contribution in [2.75, 3.05) is 0 Å². The predicted octanol–water partition coefficient (Wildman–Crippen LogP) is 3.08. The van der Waals surface area contributed by atoms with E-state index >= 15 is 0 Å². The largest absolute Gasteiger partial charge is 0.507 e. The van der Waals surface area contributed by atoms with E-state index in [-0.39, 0.29) is 16.9 Å². The fourth-order valence-corrected chi connectivity index (χ4v) is 2.23. The SMILES string of the molecule is Cc1ccc2c(c1)C(O)=C(C(C)(C)C)C(=O)C2=O. The molecule has 0 heterocycles. The third-order valence-electron chi connectivity index (χ3n) is 3.09. The lowest BCUT2D eigenvalue weighted by Gasteiger charge is -2.27. The summed E-state index contributed by atoms with van der Waals surface area (Å²) in [5, 5.41) is 10.3. The Kier molecular flexibility index (Phi) is 2.65. The highest BCUT2D eigenvalue weighted by molar-refractivity contribution is 6.52. The Morgan fingerprint density at radius 1 is 1.00 bits per heavy atom. The summed E-state index contributed by atoms with van der Waals surface area (Å²) in [6, 6.07) is 5.10. The first-order chi connectivity index (χ1) is 8.23. The summed E-state index contributed by atoms with van der Waals surface area (Å²) in [7, 11) is 0. The van der Waals surface area contributed by atoms with Crippen LogP contribution in [0.3, 0.4) is 0 Å². The van der Waals surface area contributed by atoms with Gasteiger partial charge < -0.3 is 5.11 Å². The van der Waals surface area contributed by atoms with Gasteiger partial charge in [0.05, 0.1) is 5.57 Å². The number of aliphatic hydroxyl groups is 1. The number of Topliss-reactive ketones (excluding diaryl/α,β-unsaturated/α-hetero) is 2. The molecule has 1 aliphatic carbocycles. The van der Waals surface area contributed by atoms with E-state index in [9.17, 15) is 14.7 Å².